The van der Waals surface area contributed by atoms with E-state index in [0.717, 1.165) is 49.1 Å². The molecule has 0 spiro atoms. The smallest absolute Gasteiger partial charge is 0.221 e. The molecule has 1 saturated heterocycles. The average molecular weight is 340 g/mol. The van der Waals surface area contributed by atoms with E-state index < -0.39 is 0 Å². The number of aromatic nitrogens is 1. The molecule has 0 radical (unpaired) electrons. The Kier molecular flexibility index (Phi) is 5.50. The summed E-state index contributed by atoms with van der Waals surface area (Å²) in [7, 11) is 0. The Morgan fingerprint density at radius 3 is 2.72 bits per heavy atom. The molecule has 2 aromatic rings. The number of nitrogens with one attached hydrogen (secondary N) is 2. The first-order valence-electron chi connectivity index (χ1n) is 8.54. The van der Waals surface area contributed by atoms with E-state index in [9.17, 15) is 4.79 Å². The number of ether oxygens (including phenoxy) is 1. The van der Waals surface area contributed by atoms with Gasteiger partial charge in [-0.05, 0) is 36.8 Å². The number of benzene rings is 1. The number of carbonyl (C=O) groups is 1. The van der Waals surface area contributed by atoms with Crippen LogP contribution >= 0.6 is 0 Å². The van der Waals surface area contributed by atoms with Gasteiger partial charge in [-0.25, -0.2) is 4.98 Å². The molecule has 25 heavy (non-hydrogen) atoms. The largest absolute Gasteiger partial charge is 0.378 e. The molecule has 1 aromatic heterocycles. The van der Waals surface area contributed by atoms with Crippen LogP contribution in [0.25, 0.3) is 0 Å². The van der Waals surface area contributed by atoms with Crippen molar-refractivity contribution in [2.24, 2.45) is 0 Å². The number of anilines is 3. The lowest BCUT2D eigenvalue weighted by Gasteiger charge is -2.28. The maximum absolute atomic E-state index is 11.2. The van der Waals surface area contributed by atoms with Crippen molar-refractivity contribution in [1.82, 2.24) is 4.98 Å². The van der Waals surface area contributed by atoms with Crippen molar-refractivity contribution in [2.75, 3.05) is 41.8 Å². The molecule has 1 amide bonds. The number of morpholine rings is 1. The van der Waals surface area contributed by atoms with Crippen LogP contribution in [0, 0.1) is 0 Å². The summed E-state index contributed by atoms with van der Waals surface area (Å²) in [5, 5.41) is 6.21. The molecule has 6 heteroatoms. The lowest BCUT2D eigenvalue weighted by atomic mass is 10.1. The van der Waals surface area contributed by atoms with Gasteiger partial charge < -0.3 is 20.3 Å². The van der Waals surface area contributed by atoms with Crippen molar-refractivity contribution in [1.29, 1.82) is 0 Å². The maximum atomic E-state index is 11.2. The molecule has 0 saturated carbocycles. The van der Waals surface area contributed by atoms with Gasteiger partial charge in [-0.3, -0.25) is 4.79 Å². The summed E-state index contributed by atoms with van der Waals surface area (Å²) in [5.74, 6) is 0.757. The molecule has 1 aromatic carbocycles. The standard InChI is InChI=1S/C19H24N4O2/c1-14(16-4-3-5-17(12-16)22-15(2)24)21-19-7-6-18(13-20-19)23-8-10-25-11-9-23/h3-7,12-14H,8-11H2,1-2H3,(H,20,21)(H,22,24). The van der Waals surface area contributed by atoms with Gasteiger partial charge in [-0.15, -0.1) is 0 Å². The lowest BCUT2D eigenvalue weighted by Crippen LogP contribution is -2.36. The molecular weight excluding hydrogens is 316 g/mol. The highest BCUT2D eigenvalue weighted by molar-refractivity contribution is 5.88. The van der Waals surface area contributed by atoms with E-state index in [0.29, 0.717) is 0 Å². The Hall–Kier alpha value is -2.60. The predicted molar refractivity (Wildman–Crippen MR) is 100 cm³/mol. The van der Waals surface area contributed by atoms with E-state index in [4.69, 9.17) is 4.74 Å². The number of hydrogen-bond acceptors (Lipinski definition) is 5. The highest BCUT2D eigenvalue weighted by Gasteiger charge is 2.12. The molecule has 132 valence electrons. The summed E-state index contributed by atoms with van der Waals surface area (Å²) >= 11 is 0. The van der Waals surface area contributed by atoms with Crippen molar-refractivity contribution in [2.45, 2.75) is 19.9 Å². The Morgan fingerprint density at radius 2 is 2.04 bits per heavy atom. The van der Waals surface area contributed by atoms with Crippen molar-refractivity contribution in [3.63, 3.8) is 0 Å². The van der Waals surface area contributed by atoms with Crippen LogP contribution in [0.5, 0.6) is 0 Å². The van der Waals surface area contributed by atoms with E-state index in [2.05, 4.69) is 33.5 Å². The van der Waals surface area contributed by atoms with Crippen LogP contribution in [0.2, 0.25) is 0 Å². The highest BCUT2D eigenvalue weighted by atomic mass is 16.5. The first-order valence-corrected chi connectivity index (χ1v) is 8.54. The van der Waals surface area contributed by atoms with Gasteiger partial charge in [0.25, 0.3) is 0 Å². The topological polar surface area (TPSA) is 66.5 Å². The molecule has 1 aliphatic heterocycles. The van der Waals surface area contributed by atoms with Crippen LogP contribution in [0.4, 0.5) is 17.2 Å². The molecule has 2 N–H and O–H groups in total. The average Bonchev–Trinajstić information content (AvgIpc) is 2.63. The van der Waals surface area contributed by atoms with Crippen molar-refractivity contribution >= 4 is 23.1 Å². The fraction of sp³-hybridized carbons (Fsp3) is 0.368. The van der Waals surface area contributed by atoms with E-state index in [1.165, 1.54) is 6.92 Å². The number of amides is 1. The van der Waals surface area contributed by atoms with E-state index in [1.807, 2.05) is 36.5 Å². The third-order valence-corrected chi connectivity index (χ3v) is 4.20. The van der Waals surface area contributed by atoms with Crippen LogP contribution in [-0.2, 0) is 9.53 Å². The van der Waals surface area contributed by atoms with Gasteiger partial charge in [-0.1, -0.05) is 12.1 Å². The number of nitrogens with zero attached hydrogens (tertiary/aromatic N) is 2. The second-order valence-corrected chi connectivity index (χ2v) is 6.17. The van der Waals surface area contributed by atoms with Crippen LogP contribution in [-0.4, -0.2) is 37.2 Å². The first kappa shape index (κ1) is 17.2. The fourth-order valence-electron chi connectivity index (χ4n) is 2.87. The number of hydrogen-bond donors (Lipinski definition) is 2. The Labute approximate surface area is 148 Å². The minimum absolute atomic E-state index is 0.0712. The summed E-state index contributed by atoms with van der Waals surface area (Å²) in [4.78, 5) is 18.0. The zero-order valence-electron chi connectivity index (χ0n) is 14.7. The Morgan fingerprint density at radius 1 is 1.24 bits per heavy atom. The maximum Gasteiger partial charge on any atom is 0.221 e. The van der Waals surface area contributed by atoms with Crippen LogP contribution in [0.1, 0.15) is 25.5 Å². The van der Waals surface area contributed by atoms with Crippen LogP contribution < -0.4 is 15.5 Å². The van der Waals surface area contributed by atoms with Gasteiger partial charge in [0, 0.05) is 25.7 Å². The number of carbonyl (C=O) groups excluding carboxylic acids is 1. The van der Waals surface area contributed by atoms with Crippen LogP contribution in [0.3, 0.4) is 0 Å². The monoisotopic (exact) mass is 340 g/mol. The van der Waals surface area contributed by atoms with Gasteiger partial charge in [-0.2, -0.15) is 0 Å². The summed E-state index contributed by atoms with van der Waals surface area (Å²) in [6.07, 6.45) is 1.90. The summed E-state index contributed by atoms with van der Waals surface area (Å²) < 4.78 is 5.38. The fourth-order valence-corrected chi connectivity index (χ4v) is 2.87. The van der Waals surface area contributed by atoms with Gasteiger partial charge in [0.15, 0.2) is 0 Å². The summed E-state index contributed by atoms with van der Waals surface area (Å²) in [5.41, 5.74) is 3.01. The Bertz CT molecular complexity index is 712. The van der Waals surface area contributed by atoms with Gasteiger partial charge in [0.1, 0.15) is 5.82 Å². The minimum Gasteiger partial charge on any atom is -0.378 e. The molecule has 0 bridgehead atoms. The zero-order valence-corrected chi connectivity index (χ0v) is 14.7. The number of pyridine rings is 1. The molecule has 1 unspecified atom stereocenters. The van der Waals surface area contributed by atoms with Gasteiger partial charge in [0.05, 0.1) is 31.1 Å². The predicted octanol–water partition coefficient (Wildman–Crippen LogP) is 3.05. The molecular formula is C19H24N4O2. The molecule has 1 atom stereocenters. The van der Waals surface area contributed by atoms with Crippen LogP contribution in [0.15, 0.2) is 42.6 Å². The van der Waals surface area contributed by atoms with Gasteiger partial charge in [0.2, 0.25) is 5.91 Å². The van der Waals surface area contributed by atoms with Crippen molar-refractivity contribution in [3.05, 3.63) is 48.2 Å². The quantitative estimate of drug-likeness (QED) is 0.876. The highest BCUT2D eigenvalue weighted by Crippen LogP contribution is 2.22. The minimum atomic E-state index is -0.0712. The second-order valence-electron chi connectivity index (χ2n) is 6.17. The van der Waals surface area contributed by atoms with E-state index >= 15 is 0 Å². The third kappa shape index (κ3) is 4.70. The Balaban J connectivity index is 1.64. The van der Waals surface area contributed by atoms with Gasteiger partial charge >= 0.3 is 0 Å². The molecule has 6 nitrogen and oxygen atoms in total. The van der Waals surface area contributed by atoms with Crippen molar-refractivity contribution in [3.8, 4) is 0 Å². The van der Waals surface area contributed by atoms with E-state index in [-0.39, 0.29) is 11.9 Å². The van der Waals surface area contributed by atoms with Crippen molar-refractivity contribution < 1.29 is 9.53 Å². The SMILES string of the molecule is CC(=O)Nc1cccc(C(C)Nc2ccc(N3CCOCC3)cn2)c1. The zero-order chi connectivity index (χ0) is 17.6. The molecule has 3 rings (SSSR count). The molecule has 2 heterocycles. The number of rotatable bonds is 5. The first-order chi connectivity index (χ1) is 12.1. The normalized spacial score (nSPS) is 15.5. The van der Waals surface area contributed by atoms with E-state index in [1.54, 1.807) is 0 Å². The molecule has 0 aliphatic carbocycles. The summed E-state index contributed by atoms with van der Waals surface area (Å²) in [6, 6.07) is 12.0. The molecule has 1 aliphatic rings. The second kappa shape index (κ2) is 7.98. The lowest BCUT2D eigenvalue weighted by molar-refractivity contribution is -0.114. The third-order valence-electron chi connectivity index (χ3n) is 4.20. The molecule has 1 fully saturated rings. The summed E-state index contributed by atoms with van der Waals surface area (Å²) in [6.45, 7) is 6.92.